The molecule has 6 nitrogen and oxygen atoms in total. The highest BCUT2D eigenvalue weighted by Crippen LogP contribution is 2.25. The molecule has 0 spiro atoms. The average molecular weight is 411 g/mol. The first-order valence-electron chi connectivity index (χ1n) is 8.34. The summed E-state index contributed by atoms with van der Waals surface area (Å²) in [6.07, 6.45) is -3.61. The summed E-state index contributed by atoms with van der Waals surface area (Å²) in [4.78, 5) is 12.3. The molecule has 1 aromatic carbocycles. The van der Waals surface area contributed by atoms with Gasteiger partial charge in [0.2, 0.25) is 10.0 Å². The Morgan fingerprint density at radius 3 is 2.15 bits per heavy atom. The van der Waals surface area contributed by atoms with Gasteiger partial charge in [0.25, 0.3) is 0 Å². The van der Waals surface area contributed by atoms with Gasteiger partial charge in [-0.1, -0.05) is 19.8 Å². The van der Waals surface area contributed by atoms with Gasteiger partial charge in [-0.15, -0.1) is 13.2 Å². The van der Waals surface area contributed by atoms with E-state index in [0.717, 1.165) is 24.3 Å². The van der Waals surface area contributed by atoms with Gasteiger partial charge in [0.05, 0.1) is 0 Å². The third-order valence-corrected chi connectivity index (χ3v) is 4.91. The van der Waals surface area contributed by atoms with Crippen LogP contribution in [0.2, 0.25) is 0 Å². The summed E-state index contributed by atoms with van der Waals surface area (Å²) in [5, 5.41) is -1.43. The van der Waals surface area contributed by atoms with Gasteiger partial charge in [-0.05, 0) is 51.5 Å². The Labute approximate surface area is 157 Å². The lowest BCUT2D eigenvalue weighted by Gasteiger charge is -2.24. The van der Waals surface area contributed by atoms with Gasteiger partial charge in [-0.2, -0.15) is 0 Å². The van der Waals surface area contributed by atoms with Crippen LogP contribution >= 0.6 is 0 Å². The van der Waals surface area contributed by atoms with Crippen molar-refractivity contribution in [2.24, 2.45) is 0 Å². The first-order chi connectivity index (χ1) is 12.2. The van der Waals surface area contributed by atoms with Crippen molar-refractivity contribution in [2.75, 3.05) is 4.72 Å². The largest absolute Gasteiger partial charge is 0.573 e. The molecule has 0 fully saturated rings. The van der Waals surface area contributed by atoms with Crippen LogP contribution in [0.4, 0.5) is 18.9 Å². The zero-order valence-corrected chi connectivity index (χ0v) is 16.4. The quantitative estimate of drug-likeness (QED) is 0.648. The van der Waals surface area contributed by atoms with Crippen molar-refractivity contribution in [2.45, 2.75) is 64.2 Å². The number of alkyl halides is 3. The van der Waals surface area contributed by atoms with E-state index in [2.05, 4.69) is 9.46 Å². The molecule has 0 aliphatic rings. The smallest absolute Gasteiger partial charge is 0.459 e. The maximum absolute atomic E-state index is 12.6. The van der Waals surface area contributed by atoms with E-state index in [1.165, 1.54) is 0 Å². The second-order valence-corrected chi connectivity index (χ2v) is 8.75. The third kappa shape index (κ3) is 8.51. The summed E-state index contributed by atoms with van der Waals surface area (Å²) in [5.74, 6) is -1.36. The molecule has 0 heterocycles. The highest BCUT2D eigenvalue weighted by atomic mass is 32.2. The van der Waals surface area contributed by atoms with Crippen LogP contribution in [-0.4, -0.2) is 31.6 Å². The standard InChI is InChI=1S/C17H24F3NO5S/c1-5-6-7-14(15(22)26-16(2,3)4)27(23,24)21-12-8-10-13(11-9-12)25-17(18,19)20/h8-11,14,21H,5-7H2,1-4H3. The Morgan fingerprint density at radius 2 is 1.70 bits per heavy atom. The van der Waals surface area contributed by atoms with Crippen LogP contribution < -0.4 is 9.46 Å². The van der Waals surface area contributed by atoms with E-state index in [9.17, 15) is 26.4 Å². The average Bonchev–Trinajstić information content (AvgIpc) is 2.45. The van der Waals surface area contributed by atoms with Crippen LogP contribution in [0.3, 0.4) is 0 Å². The predicted octanol–water partition coefficient (Wildman–Crippen LogP) is 4.23. The minimum Gasteiger partial charge on any atom is -0.459 e. The van der Waals surface area contributed by atoms with Crippen LogP contribution in [0.25, 0.3) is 0 Å². The zero-order chi connectivity index (χ0) is 20.9. The van der Waals surface area contributed by atoms with E-state index in [4.69, 9.17) is 4.74 Å². The number of rotatable bonds is 8. The topological polar surface area (TPSA) is 81.7 Å². The number of esters is 1. The lowest BCUT2D eigenvalue weighted by molar-refractivity contribution is -0.274. The SMILES string of the molecule is CCCCC(C(=O)OC(C)(C)C)S(=O)(=O)Nc1ccc(OC(F)(F)F)cc1. The number of benzene rings is 1. The lowest BCUT2D eigenvalue weighted by Crippen LogP contribution is -2.39. The molecule has 0 aliphatic heterocycles. The molecule has 0 radical (unpaired) electrons. The summed E-state index contributed by atoms with van der Waals surface area (Å²) in [5.41, 5.74) is -0.845. The molecular weight excluding hydrogens is 387 g/mol. The molecule has 0 saturated heterocycles. The van der Waals surface area contributed by atoms with Crippen molar-refractivity contribution < 1.29 is 35.9 Å². The summed E-state index contributed by atoms with van der Waals surface area (Å²) < 4.78 is 72.9. The number of nitrogens with one attached hydrogen (secondary N) is 1. The number of anilines is 1. The lowest BCUT2D eigenvalue weighted by atomic mass is 10.1. The Bertz CT molecular complexity index is 724. The molecule has 1 N–H and O–H groups in total. The second-order valence-electron chi connectivity index (χ2n) is 6.88. The minimum absolute atomic E-state index is 0.00887. The normalized spacial score (nSPS) is 13.7. The fourth-order valence-electron chi connectivity index (χ4n) is 2.12. The molecule has 0 aromatic heterocycles. The van der Waals surface area contributed by atoms with Crippen molar-refractivity contribution in [3.05, 3.63) is 24.3 Å². The summed E-state index contributed by atoms with van der Waals surface area (Å²) in [6, 6.07) is 4.18. The Balaban J connectivity index is 2.97. The van der Waals surface area contributed by atoms with Crippen molar-refractivity contribution in [3.63, 3.8) is 0 Å². The molecule has 154 valence electrons. The number of sulfonamides is 1. The highest BCUT2D eigenvalue weighted by Gasteiger charge is 2.36. The first kappa shape index (κ1) is 23.1. The fourth-order valence-corrected chi connectivity index (χ4v) is 3.50. The van der Waals surface area contributed by atoms with Crippen LogP contribution in [-0.2, 0) is 19.6 Å². The van der Waals surface area contributed by atoms with Gasteiger partial charge in [0.1, 0.15) is 11.4 Å². The summed E-state index contributed by atoms with van der Waals surface area (Å²) in [7, 11) is -4.15. The zero-order valence-electron chi connectivity index (χ0n) is 15.6. The van der Waals surface area contributed by atoms with Crippen LogP contribution in [0.15, 0.2) is 24.3 Å². The molecule has 0 saturated carbocycles. The number of hydrogen-bond acceptors (Lipinski definition) is 5. The molecule has 0 aliphatic carbocycles. The van der Waals surface area contributed by atoms with Gasteiger partial charge in [-0.3, -0.25) is 9.52 Å². The van der Waals surface area contributed by atoms with Crippen LogP contribution in [0.1, 0.15) is 47.0 Å². The minimum atomic E-state index is -4.84. The van der Waals surface area contributed by atoms with Crippen molar-refractivity contribution in [1.29, 1.82) is 0 Å². The molecule has 1 rings (SSSR count). The number of hydrogen-bond donors (Lipinski definition) is 1. The Hall–Kier alpha value is -1.97. The molecule has 1 unspecified atom stereocenters. The van der Waals surface area contributed by atoms with E-state index < -0.39 is 39.0 Å². The monoisotopic (exact) mass is 411 g/mol. The fraction of sp³-hybridized carbons (Fsp3) is 0.588. The maximum atomic E-state index is 12.6. The van der Waals surface area contributed by atoms with Gasteiger partial charge >= 0.3 is 12.3 Å². The predicted molar refractivity (Wildman–Crippen MR) is 94.8 cm³/mol. The highest BCUT2D eigenvalue weighted by molar-refractivity contribution is 7.94. The number of unbranched alkanes of at least 4 members (excludes halogenated alkanes) is 1. The molecule has 0 amide bonds. The summed E-state index contributed by atoms with van der Waals surface area (Å²) in [6.45, 7) is 6.73. The van der Waals surface area contributed by atoms with E-state index >= 15 is 0 Å². The number of ether oxygens (including phenoxy) is 2. The molecular formula is C17H24F3NO5S. The van der Waals surface area contributed by atoms with Gasteiger partial charge in [0.15, 0.2) is 5.25 Å². The molecule has 1 atom stereocenters. The number of halogens is 3. The Morgan fingerprint density at radius 1 is 1.15 bits per heavy atom. The Kier molecular flexibility index (Phi) is 7.53. The maximum Gasteiger partial charge on any atom is 0.573 e. The van der Waals surface area contributed by atoms with E-state index in [-0.39, 0.29) is 12.1 Å². The number of carbonyl (C=O) groups excluding carboxylic acids is 1. The van der Waals surface area contributed by atoms with E-state index in [1.807, 2.05) is 6.92 Å². The van der Waals surface area contributed by atoms with E-state index in [0.29, 0.717) is 12.8 Å². The first-order valence-corrected chi connectivity index (χ1v) is 9.88. The van der Waals surface area contributed by atoms with Crippen LogP contribution in [0.5, 0.6) is 5.75 Å². The molecule has 27 heavy (non-hydrogen) atoms. The van der Waals surface area contributed by atoms with Crippen LogP contribution in [0, 0.1) is 0 Å². The van der Waals surface area contributed by atoms with Crippen molar-refractivity contribution >= 4 is 21.7 Å². The van der Waals surface area contributed by atoms with Crippen molar-refractivity contribution in [3.8, 4) is 5.75 Å². The van der Waals surface area contributed by atoms with E-state index in [1.54, 1.807) is 20.8 Å². The van der Waals surface area contributed by atoms with Gasteiger partial charge in [-0.25, -0.2) is 8.42 Å². The summed E-state index contributed by atoms with van der Waals surface area (Å²) >= 11 is 0. The van der Waals surface area contributed by atoms with Gasteiger partial charge in [0, 0.05) is 5.69 Å². The molecule has 10 heteroatoms. The molecule has 1 aromatic rings. The second kappa shape index (κ2) is 8.81. The number of carbonyl (C=O) groups is 1. The van der Waals surface area contributed by atoms with Crippen molar-refractivity contribution in [1.82, 2.24) is 0 Å². The third-order valence-electron chi connectivity index (χ3n) is 3.21. The van der Waals surface area contributed by atoms with Gasteiger partial charge < -0.3 is 9.47 Å². The molecule has 0 bridgehead atoms.